The van der Waals surface area contributed by atoms with Crippen molar-refractivity contribution in [3.8, 4) is 5.75 Å². The van der Waals surface area contributed by atoms with Gasteiger partial charge in [0.2, 0.25) is 0 Å². The Morgan fingerprint density at radius 2 is 1.43 bits per heavy atom. The van der Waals surface area contributed by atoms with E-state index in [-0.39, 0.29) is 0 Å². The summed E-state index contributed by atoms with van der Waals surface area (Å²) in [5.74, 6) is 1.00. The number of allylic oxidation sites excluding steroid dienone is 1. The Balaban J connectivity index is 1.54. The first kappa shape index (κ1) is 24.8. The number of piperazine rings is 1. The Morgan fingerprint density at radius 1 is 0.800 bits per heavy atom. The maximum Gasteiger partial charge on any atom is 0.119 e. The summed E-state index contributed by atoms with van der Waals surface area (Å²) in [7, 11) is 0. The van der Waals surface area contributed by atoms with Gasteiger partial charge in [0.15, 0.2) is 0 Å². The van der Waals surface area contributed by atoms with Gasteiger partial charge in [-0.25, -0.2) is 0 Å². The zero-order valence-electron chi connectivity index (χ0n) is 19.6. The van der Waals surface area contributed by atoms with Crippen LogP contribution in [0.3, 0.4) is 0 Å². The van der Waals surface area contributed by atoms with E-state index in [1.54, 1.807) is 0 Å². The van der Waals surface area contributed by atoms with Crippen LogP contribution in [0.1, 0.15) is 84.0 Å². The third-order valence-corrected chi connectivity index (χ3v) is 6.22. The highest BCUT2D eigenvalue weighted by Gasteiger charge is 2.16. The first-order chi connectivity index (χ1) is 14.8. The molecule has 3 heteroatoms. The number of unbranched alkanes of at least 4 members (excludes halogenated alkanes) is 10. The molecule has 1 aliphatic heterocycles. The largest absolute Gasteiger partial charge is 0.494 e. The minimum absolute atomic E-state index is 0.824. The lowest BCUT2D eigenvalue weighted by molar-refractivity contribution is 0.252. The lowest BCUT2D eigenvalue weighted by Gasteiger charge is -2.36. The molecule has 1 aliphatic rings. The van der Waals surface area contributed by atoms with Gasteiger partial charge in [0.25, 0.3) is 0 Å². The van der Waals surface area contributed by atoms with Gasteiger partial charge in [-0.15, -0.1) is 6.58 Å². The molecule has 2 rings (SSSR count). The van der Waals surface area contributed by atoms with Crippen LogP contribution in [0.5, 0.6) is 5.75 Å². The van der Waals surface area contributed by atoms with Crippen LogP contribution in [0.4, 0.5) is 5.69 Å². The molecule has 0 saturated carbocycles. The van der Waals surface area contributed by atoms with Crippen molar-refractivity contribution in [2.75, 3.05) is 44.2 Å². The molecule has 1 aromatic rings. The smallest absolute Gasteiger partial charge is 0.119 e. The van der Waals surface area contributed by atoms with Crippen molar-refractivity contribution < 1.29 is 4.74 Å². The minimum Gasteiger partial charge on any atom is -0.494 e. The van der Waals surface area contributed by atoms with E-state index in [4.69, 9.17) is 4.74 Å². The highest BCUT2D eigenvalue weighted by molar-refractivity contribution is 5.49. The van der Waals surface area contributed by atoms with Crippen molar-refractivity contribution in [2.24, 2.45) is 0 Å². The second-order valence-corrected chi connectivity index (χ2v) is 8.78. The van der Waals surface area contributed by atoms with Gasteiger partial charge in [-0.3, -0.25) is 4.90 Å². The van der Waals surface area contributed by atoms with Gasteiger partial charge in [-0.2, -0.15) is 0 Å². The summed E-state index contributed by atoms with van der Waals surface area (Å²) in [6.45, 7) is 12.8. The maximum atomic E-state index is 5.91. The summed E-state index contributed by atoms with van der Waals surface area (Å²) in [4.78, 5) is 5.17. The van der Waals surface area contributed by atoms with E-state index < -0.39 is 0 Å². The first-order valence-electron chi connectivity index (χ1n) is 12.6. The number of hydrogen-bond donors (Lipinski definition) is 0. The SMILES string of the molecule is C=CCCCCCCOc1ccc(N2CCN(CCCCCCCCC)CC2)cc1. The van der Waals surface area contributed by atoms with Crippen LogP contribution >= 0.6 is 0 Å². The second kappa shape index (κ2) is 16.2. The quantitative estimate of drug-likeness (QED) is 0.200. The summed E-state index contributed by atoms with van der Waals surface area (Å²) in [5, 5.41) is 0. The molecule has 1 heterocycles. The van der Waals surface area contributed by atoms with E-state index in [1.165, 1.54) is 89.5 Å². The summed E-state index contributed by atoms with van der Waals surface area (Å²) >= 11 is 0. The molecule has 0 atom stereocenters. The Kier molecular flexibility index (Phi) is 13.4. The first-order valence-corrected chi connectivity index (χ1v) is 12.6. The molecular formula is C27H46N2O. The highest BCUT2D eigenvalue weighted by Crippen LogP contribution is 2.21. The lowest BCUT2D eigenvalue weighted by atomic mass is 10.1. The fourth-order valence-corrected chi connectivity index (χ4v) is 4.21. The van der Waals surface area contributed by atoms with Crippen LogP contribution in [0, 0.1) is 0 Å². The molecule has 0 spiro atoms. The summed E-state index contributed by atoms with van der Waals surface area (Å²) in [5.41, 5.74) is 1.34. The topological polar surface area (TPSA) is 15.7 Å². The zero-order valence-corrected chi connectivity index (χ0v) is 19.6. The van der Waals surface area contributed by atoms with E-state index in [9.17, 15) is 0 Å². The predicted molar refractivity (Wildman–Crippen MR) is 132 cm³/mol. The fraction of sp³-hybridized carbons (Fsp3) is 0.704. The van der Waals surface area contributed by atoms with Gasteiger partial charge in [-0.05, 0) is 56.5 Å². The minimum atomic E-state index is 0.824. The molecule has 170 valence electrons. The molecule has 30 heavy (non-hydrogen) atoms. The monoisotopic (exact) mass is 414 g/mol. The number of hydrogen-bond acceptors (Lipinski definition) is 3. The molecule has 3 nitrogen and oxygen atoms in total. The average Bonchev–Trinajstić information content (AvgIpc) is 2.79. The molecule has 0 radical (unpaired) electrons. The number of rotatable bonds is 17. The Labute approximate surface area is 186 Å². The lowest BCUT2D eigenvalue weighted by Crippen LogP contribution is -2.46. The fourth-order valence-electron chi connectivity index (χ4n) is 4.21. The molecule has 0 unspecified atom stereocenters. The van der Waals surface area contributed by atoms with Crippen LogP contribution in [-0.2, 0) is 0 Å². The average molecular weight is 415 g/mol. The molecule has 0 bridgehead atoms. The normalized spacial score (nSPS) is 14.8. The van der Waals surface area contributed by atoms with E-state index in [0.29, 0.717) is 0 Å². The maximum absolute atomic E-state index is 5.91. The van der Waals surface area contributed by atoms with Gasteiger partial charge in [0, 0.05) is 31.9 Å². The van der Waals surface area contributed by atoms with Crippen LogP contribution in [0.25, 0.3) is 0 Å². The van der Waals surface area contributed by atoms with E-state index >= 15 is 0 Å². The predicted octanol–water partition coefficient (Wildman–Crippen LogP) is 7.07. The van der Waals surface area contributed by atoms with Crippen LogP contribution < -0.4 is 9.64 Å². The van der Waals surface area contributed by atoms with Gasteiger partial charge < -0.3 is 9.64 Å². The summed E-state index contributed by atoms with van der Waals surface area (Å²) in [6.07, 6.45) is 17.9. The Morgan fingerprint density at radius 3 is 2.13 bits per heavy atom. The molecule has 0 N–H and O–H groups in total. The van der Waals surface area contributed by atoms with E-state index in [1.807, 2.05) is 6.08 Å². The van der Waals surface area contributed by atoms with Crippen LogP contribution in [0.15, 0.2) is 36.9 Å². The number of nitrogens with zero attached hydrogens (tertiary/aromatic N) is 2. The summed E-state index contributed by atoms with van der Waals surface area (Å²) < 4.78 is 5.91. The van der Waals surface area contributed by atoms with Crippen molar-refractivity contribution in [1.82, 2.24) is 4.90 Å². The standard InChI is InChI=1S/C27H46N2O/c1-3-5-7-9-11-12-14-20-28-21-23-29(24-22-28)26-16-18-27(19-17-26)30-25-15-13-10-8-6-4-2/h4,16-19H,2-3,5-15,20-25H2,1H3. The third-order valence-electron chi connectivity index (χ3n) is 6.22. The molecule has 1 aromatic carbocycles. The molecule has 0 aromatic heterocycles. The Hall–Kier alpha value is -1.48. The molecule has 0 aliphatic carbocycles. The van der Waals surface area contributed by atoms with Crippen molar-refractivity contribution in [2.45, 2.75) is 84.0 Å². The summed E-state index contributed by atoms with van der Waals surface area (Å²) in [6, 6.07) is 8.73. The second-order valence-electron chi connectivity index (χ2n) is 8.78. The molecular weight excluding hydrogens is 368 g/mol. The van der Waals surface area contributed by atoms with Gasteiger partial charge in [0.05, 0.1) is 6.61 Å². The van der Waals surface area contributed by atoms with Crippen molar-refractivity contribution in [3.63, 3.8) is 0 Å². The molecule has 1 fully saturated rings. The number of benzene rings is 1. The third kappa shape index (κ3) is 10.5. The number of anilines is 1. The van der Waals surface area contributed by atoms with Crippen molar-refractivity contribution in [1.29, 1.82) is 0 Å². The molecule has 1 saturated heterocycles. The zero-order chi connectivity index (χ0) is 21.3. The van der Waals surface area contributed by atoms with E-state index in [2.05, 4.69) is 47.6 Å². The van der Waals surface area contributed by atoms with E-state index in [0.717, 1.165) is 38.3 Å². The van der Waals surface area contributed by atoms with Gasteiger partial charge in [-0.1, -0.05) is 64.4 Å². The van der Waals surface area contributed by atoms with Gasteiger partial charge >= 0.3 is 0 Å². The van der Waals surface area contributed by atoms with Gasteiger partial charge in [0.1, 0.15) is 5.75 Å². The highest BCUT2D eigenvalue weighted by atomic mass is 16.5. The number of ether oxygens (including phenoxy) is 1. The Bertz CT molecular complexity index is 534. The van der Waals surface area contributed by atoms with Crippen LogP contribution in [0.2, 0.25) is 0 Å². The van der Waals surface area contributed by atoms with Crippen molar-refractivity contribution in [3.05, 3.63) is 36.9 Å². The van der Waals surface area contributed by atoms with Crippen LogP contribution in [-0.4, -0.2) is 44.2 Å². The molecule has 0 amide bonds. The van der Waals surface area contributed by atoms with Crippen molar-refractivity contribution >= 4 is 5.69 Å².